The third-order valence-corrected chi connectivity index (χ3v) is 5.11. The van der Waals surface area contributed by atoms with Gasteiger partial charge in [-0.15, -0.1) is 0 Å². The molecule has 1 saturated heterocycles. The van der Waals surface area contributed by atoms with Crippen molar-refractivity contribution in [2.75, 3.05) is 13.1 Å². The first kappa shape index (κ1) is 18.4. The smallest absolute Gasteiger partial charge is 0.325 e. The molecule has 1 spiro atoms. The maximum atomic E-state index is 13.1. The topological polar surface area (TPSA) is 78.5 Å². The van der Waals surface area contributed by atoms with Crippen molar-refractivity contribution in [2.24, 2.45) is 0 Å². The molecule has 0 unspecified atom stereocenters. The molecule has 1 aliphatic carbocycles. The molecular weight excluding hydrogens is 337 g/mol. The predicted octanol–water partition coefficient (Wildman–Crippen LogP) is 2.13. The van der Waals surface area contributed by atoms with Gasteiger partial charge in [0, 0.05) is 19.5 Å². The number of nitrogens with one attached hydrogen (secondary N) is 2. The lowest BCUT2D eigenvalue weighted by Crippen LogP contribution is -2.44. The fraction of sp³-hybridized carbons (Fsp3) is 0.526. The van der Waals surface area contributed by atoms with E-state index < -0.39 is 5.54 Å². The molecule has 6 nitrogen and oxygen atoms in total. The number of rotatable bonds is 7. The van der Waals surface area contributed by atoms with E-state index in [0.717, 1.165) is 18.4 Å². The monoisotopic (exact) mass is 361 g/mol. The van der Waals surface area contributed by atoms with E-state index >= 15 is 0 Å². The molecule has 3 rings (SSSR count). The minimum atomic E-state index is -0.675. The molecule has 2 N–H and O–H groups in total. The Kier molecular flexibility index (Phi) is 5.54. The van der Waals surface area contributed by atoms with E-state index in [0.29, 0.717) is 38.8 Å². The number of nitrogens with zero attached hydrogens (tertiary/aromatic N) is 1. The number of urea groups is 1. The van der Waals surface area contributed by atoms with Gasteiger partial charge in [0.1, 0.15) is 11.4 Å². The number of imide groups is 1. The summed E-state index contributed by atoms with van der Waals surface area (Å²) in [6, 6.07) is 5.87. The molecule has 26 heavy (non-hydrogen) atoms. The Morgan fingerprint density at radius 1 is 1.27 bits per heavy atom. The highest BCUT2D eigenvalue weighted by Crippen LogP contribution is 2.34. The van der Waals surface area contributed by atoms with Crippen molar-refractivity contribution in [2.45, 2.75) is 50.5 Å². The summed E-state index contributed by atoms with van der Waals surface area (Å²) >= 11 is 0. The maximum absolute atomic E-state index is 13.1. The zero-order chi connectivity index (χ0) is 18.6. The van der Waals surface area contributed by atoms with Gasteiger partial charge in [-0.2, -0.15) is 0 Å². The predicted molar refractivity (Wildman–Crippen MR) is 93.8 cm³/mol. The summed E-state index contributed by atoms with van der Waals surface area (Å²) in [6.45, 7) is 0.697. The van der Waals surface area contributed by atoms with Crippen molar-refractivity contribution in [1.29, 1.82) is 0 Å². The van der Waals surface area contributed by atoms with Crippen LogP contribution in [0.4, 0.5) is 9.18 Å². The van der Waals surface area contributed by atoms with Crippen LogP contribution in [0.15, 0.2) is 24.3 Å². The summed E-state index contributed by atoms with van der Waals surface area (Å²) < 4.78 is 13.1. The highest BCUT2D eigenvalue weighted by atomic mass is 19.1. The Hall–Kier alpha value is -2.44. The molecule has 1 aromatic rings. The Labute approximate surface area is 152 Å². The molecule has 4 amide bonds. The van der Waals surface area contributed by atoms with E-state index in [1.165, 1.54) is 17.0 Å². The number of hydrogen-bond acceptors (Lipinski definition) is 3. The van der Waals surface area contributed by atoms with E-state index in [2.05, 4.69) is 10.6 Å². The van der Waals surface area contributed by atoms with Crippen molar-refractivity contribution in [3.8, 4) is 0 Å². The summed E-state index contributed by atoms with van der Waals surface area (Å²) in [5.41, 5.74) is 0.104. The van der Waals surface area contributed by atoms with Crippen molar-refractivity contribution >= 4 is 17.8 Å². The molecule has 2 aliphatic rings. The lowest BCUT2D eigenvalue weighted by molar-refractivity contribution is -0.131. The van der Waals surface area contributed by atoms with Crippen molar-refractivity contribution in [3.05, 3.63) is 35.6 Å². The van der Waals surface area contributed by atoms with Gasteiger partial charge in [-0.1, -0.05) is 25.0 Å². The highest BCUT2D eigenvalue weighted by molar-refractivity contribution is 6.07. The second-order valence-corrected chi connectivity index (χ2v) is 7.01. The SMILES string of the molecule is O=C(CCc1cccc(F)c1)NCCCN1C(=O)NC2(CCCC2)C1=O. The molecule has 140 valence electrons. The number of aryl methyl sites for hydroxylation is 1. The first-order valence-electron chi connectivity index (χ1n) is 9.15. The second kappa shape index (κ2) is 7.85. The lowest BCUT2D eigenvalue weighted by Gasteiger charge is -2.20. The van der Waals surface area contributed by atoms with Crippen molar-refractivity contribution in [3.63, 3.8) is 0 Å². The summed E-state index contributed by atoms with van der Waals surface area (Å²) in [5.74, 6) is -0.562. The first-order chi connectivity index (χ1) is 12.5. The zero-order valence-electron chi connectivity index (χ0n) is 14.7. The highest BCUT2D eigenvalue weighted by Gasteiger charge is 2.51. The van der Waals surface area contributed by atoms with Gasteiger partial charge in [0.25, 0.3) is 5.91 Å². The minimum Gasteiger partial charge on any atom is -0.356 e. The average molecular weight is 361 g/mol. The molecule has 1 aliphatic heterocycles. The molecule has 0 bridgehead atoms. The van der Waals surface area contributed by atoms with Crippen molar-refractivity contribution in [1.82, 2.24) is 15.5 Å². The third kappa shape index (κ3) is 4.03. The molecule has 1 heterocycles. The Morgan fingerprint density at radius 3 is 2.77 bits per heavy atom. The number of hydrogen-bond donors (Lipinski definition) is 2. The van der Waals surface area contributed by atoms with Gasteiger partial charge >= 0.3 is 6.03 Å². The molecule has 7 heteroatoms. The Morgan fingerprint density at radius 2 is 2.04 bits per heavy atom. The first-order valence-corrected chi connectivity index (χ1v) is 9.15. The van der Waals surface area contributed by atoms with E-state index in [9.17, 15) is 18.8 Å². The van der Waals surface area contributed by atoms with Crippen LogP contribution in [0.3, 0.4) is 0 Å². The lowest BCUT2D eigenvalue weighted by atomic mass is 9.98. The quantitative estimate of drug-likeness (QED) is 0.577. The van der Waals surface area contributed by atoms with Crippen LogP contribution in [0, 0.1) is 5.82 Å². The molecule has 1 aromatic carbocycles. The Bertz CT molecular complexity index is 701. The van der Waals surface area contributed by atoms with Crippen molar-refractivity contribution < 1.29 is 18.8 Å². The fourth-order valence-electron chi connectivity index (χ4n) is 3.70. The third-order valence-electron chi connectivity index (χ3n) is 5.11. The summed E-state index contributed by atoms with van der Waals surface area (Å²) in [6.07, 6.45) is 4.61. The second-order valence-electron chi connectivity index (χ2n) is 7.01. The zero-order valence-corrected chi connectivity index (χ0v) is 14.7. The fourth-order valence-corrected chi connectivity index (χ4v) is 3.70. The number of amides is 4. The van der Waals surface area contributed by atoms with Gasteiger partial charge in [0.05, 0.1) is 0 Å². The van der Waals surface area contributed by atoms with Crippen LogP contribution in [0.5, 0.6) is 0 Å². The van der Waals surface area contributed by atoms with Crippen LogP contribution < -0.4 is 10.6 Å². The van der Waals surface area contributed by atoms with E-state index in [-0.39, 0.29) is 30.1 Å². The van der Waals surface area contributed by atoms with Gasteiger partial charge in [-0.05, 0) is 43.4 Å². The van der Waals surface area contributed by atoms with Crippen LogP contribution in [0.2, 0.25) is 0 Å². The van der Waals surface area contributed by atoms with Gasteiger partial charge < -0.3 is 10.6 Å². The van der Waals surface area contributed by atoms with Crippen LogP contribution in [0.1, 0.15) is 44.1 Å². The van der Waals surface area contributed by atoms with Crippen LogP contribution in [0.25, 0.3) is 0 Å². The van der Waals surface area contributed by atoms with E-state index in [4.69, 9.17) is 0 Å². The molecule has 0 atom stereocenters. The molecular formula is C19H24FN3O3. The van der Waals surface area contributed by atoms with Crippen LogP contribution in [-0.2, 0) is 16.0 Å². The van der Waals surface area contributed by atoms with Crippen LogP contribution in [-0.4, -0.2) is 41.4 Å². The largest absolute Gasteiger partial charge is 0.356 e. The summed E-state index contributed by atoms with van der Waals surface area (Å²) in [7, 11) is 0. The maximum Gasteiger partial charge on any atom is 0.325 e. The number of carbonyl (C=O) groups excluding carboxylic acids is 3. The summed E-state index contributed by atoms with van der Waals surface area (Å²) in [5, 5.41) is 5.62. The molecule has 2 fully saturated rings. The number of halogens is 1. The van der Waals surface area contributed by atoms with E-state index in [1.807, 2.05) is 0 Å². The molecule has 0 aromatic heterocycles. The number of benzene rings is 1. The van der Waals surface area contributed by atoms with Gasteiger partial charge in [0.2, 0.25) is 5.91 Å². The Balaban J connectivity index is 1.37. The van der Waals surface area contributed by atoms with Crippen LogP contribution >= 0.6 is 0 Å². The van der Waals surface area contributed by atoms with Gasteiger partial charge in [-0.3, -0.25) is 14.5 Å². The van der Waals surface area contributed by atoms with Gasteiger partial charge in [-0.25, -0.2) is 9.18 Å². The average Bonchev–Trinajstić information content (AvgIpc) is 3.17. The normalized spacial score (nSPS) is 18.4. The van der Waals surface area contributed by atoms with E-state index in [1.54, 1.807) is 12.1 Å². The summed E-state index contributed by atoms with van der Waals surface area (Å²) in [4.78, 5) is 37.6. The molecule has 1 saturated carbocycles. The standard InChI is InChI=1S/C19H24FN3O3/c20-15-6-3-5-14(13-15)7-8-16(24)21-11-4-12-23-17(25)19(22-18(23)26)9-1-2-10-19/h3,5-6,13H,1-2,4,7-12H2,(H,21,24)(H,22,26). The minimum absolute atomic E-state index is 0.126. The van der Waals surface area contributed by atoms with Gasteiger partial charge in [0.15, 0.2) is 0 Å². The number of carbonyl (C=O) groups is 3. The molecule has 0 radical (unpaired) electrons.